The first-order valence-corrected chi connectivity index (χ1v) is 4.95. The number of hydrogen-bond acceptors (Lipinski definition) is 4. The molecule has 94 valence electrons. The Morgan fingerprint density at radius 3 is 2.65 bits per heavy atom. The number of carboxylic acids is 1. The highest BCUT2D eigenvalue weighted by molar-refractivity contribution is 5.85. The van der Waals surface area contributed by atoms with Gasteiger partial charge in [0.2, 0.25) is 0 Å². The fourth-order valence-electron chi connectivity index (χ4n) is 1.02. The Bertz CT molecular complexity index is 426. The van der Waals surface area contributed by atoms with Crippen molar-refractivity contribution >= 4 is 12.0 Å². The SMILES string of the molecule is Cn1ncnc1CNC(=O)NC(C)(C)C(=O)O. The van der Waals surface area contributed by atoms with Gasteiger partial charge in [0.1, 0.15) is 17.7 Å². The van der Waals surface area contributed by atoms with E-state index in [2.05, 4.69) is 20.7 Å². The molecule has 0 bridgehead atoms. The third-order valence-corrected chi connectivity index (χ3v) is 2.17. The van der Waals surface area contributed by atoms with Gasteiger partial charge in [-0.25, -0.2) is 14.6 Å². The van der Waals surface area contributed by atoms with Gasteiger partial charge in [0.15, 0.2) is 0 Å². The Balaban J connectivity index is 2.46. The molecule has 3 N–H and O–H groups in total. The molecule has 0 fully saturated rings. The Morgan fingerprint density at radius 2 is 2.18 bits per heavy atom. The number of aryl methyl sites for hydroxylation is 1. The zero-order chi connectivity index (χ0) is 13.1. The van der Waals surface area contributed by atoms with Crippen molar-refractivity contribution in [3.05, 3.63) is 12.2 Å². The average Bonchev–Trinajstić information content (AvgIpc) is 2.60. The number of carbonyl (C=O) groups is 2. The Labute approximate surface area is 98.0 Å². The minimum absolute atomic E-state index is 0.179. The molecule has 0 aliphatic carbocycles. The fourth-order valence-corrected chi connectivity index (χ4v) is 1.02. The number of carboxylic acid groups (broad SMARTS) is 1. The lowest BCUT2D eigenvalue weighted by Crippen LogP contribution is -2.53. The van der Waals surface area contributed by atoms with Crippen LogP contribution in [0.25, 0.3) is 0 Å². The summed E-state index contributed by atoms with van der Waals surface area (Å²) in [5.41, 5.74) is -1.32. The number of aromatic nitrogens is 3. The van der Waals surface area contributed by atoms with Crippen LogP contribution in [0.4, 0.5) is 4.79 Å². The Kier molecular flexibility index (Phi) is 3.66. The third-order valence-electron chi connectivity index (χ3n) is 2.17. The van der Waals surface area contributed by atoms with Gasteiger partial charge in [-0.05, 0) is 13.8 Å². The van der Waals surface area contributed by atoms with Crippen molar-refractivity contribution in [3.63, 3.8) is 0 Å². The van der Waals surface area contributed by atoms with Crippen LogP contribution >= 0.6 is 0 Å². The van der Waals surface area contributed by atoms with Crippen LogP contribution < -0.4 is 10.6 Å². The zero-order valence-corrected chi connectivity index (χ0v) is 9.89. The largest absolute Gasteiger partial charge is 0.480 e. The lowest BCUT2D eigenvalue weighted by molar-refractivity contribution is -0.142. The van der Waals surface area contributed by atoms with Gasteiger partial charge in [0.25, 0.3) is 0 Å². The van der Waals surface area contributed by atoms with Crippen LogP contribution in [0.5, 0.6) is 0 Å². The van der Waals surface area contributed by atoms with E-state index in [0.29, 0.717) is 5.82 Å². The average molecular weight is 241 g/mol. The molecule has 2 amide bonds. The standard InChI is InChI=1S/C9H15N5O3/c1-9(2,7(15)16)13-8(17)10-4-6-11-5-12-14(6)3/h5H,4H2,1-3H3,(H,15,16)(H2,10,13,17). The number of amides is 2. The summed E-state index contributed by atoms with van der Waals surface area (Å²) in [5.74, 6) is -0.528. The molecule has 0 saturated heterocycles. The summed E-state index contributed by atoms with van der Waals surface area (Å²) < 4.78 is 1.52. The maximum atomic E-state index is 11.4. The topological polar surface area (TPSA) is 109 Å². The van der Waals surface area contributed by atoms with E-state index in [1.807, 2.05) is 0 Å². The van der Waals surface area contributed by atoms with Gasteiger partial charge in [-0.15, -0.1) is 0 Å². The van der Waals surface area contributed by atoms with Crippen molar-refractivity contribution in [2.24, 2.45) is 7.05 Å². The van der Waals surface area contributed by atoms with Crippen molar-refractivity contribution in [2.75, 3.05) is 0 Å². The second-order valence-corrected chi connectivity index (χ2v) is 4.04. The van der Waals surface area contributed by atoms with Crippen LogP contribution in [0.3, 0.4) is 0 Å². The molecule has 0 radical (unpaired) electrons. The summed E-state index contributed by atoms with van der Waals surface area (Å²) in [6, 6.07) is -0.569. The Morgan fingerprint density at radius 1 is 1.53 bits per heavy atom. The number of rotatable bonds is 4. The monoisotopic (exact) mass is 241 g/mol. The molecule has 8 nitrogen and oxygen atoms in total. The van der Waals surface area contributed by atoms with Crippen LogP contribution in [0.1, 0.15) is 19.7 Å². The van der Waals surface area contributed by atoms with Gasteiger partial charge in [-0.2, -0.15) is 5.10 Å². The van der Waals surface area contributed by atoms with Gasteiger partial charge in [-0.1, -0.05) is 0 Å². The molecule has 0 aromatic carbocycles. The molecular weight excluding hydrogens is 226 g/mol. The molecule has 0 saturated carbocycles. The molecule has 0 aliphatic heterocycles. The van der Waals surface area contributed by atoms with Crippen molar-refractivity contribution < 1.29 is 14.7 Å². The van der Waals surface area contributed by atoms with E-state index in [4.69, 9.17) is 5.11 Å². The van der Waals surface area contributed by atoms with Gasteiger partial charge < -0.3 is 15.7 Å². The first-order chi connectivity index (χ1) is 7.83. The van der Waals surface area contributed by atoms with Crippen molar-refractivity contribution in [3.8, 4) is 0 Å². The number of urea groups is 1. The van der Waals surface area contributed by atoms with Crippen LogP contribution in [0.2, 0.25) is 0 Å². The smallest absolute Gasteiger partial charge is 0.328 e. The van der Waals surface area contributed by atoms with Crippen LogP contribution in [-0.2, 0) is 18.4 Å². The van der Waals surface area contributed by atoms with E-state index < -0.39 is 17.5 Å². The summed E-state index contributed by atoms with van der Waals surface area (Å²) in [6.45, 7) is 2.98. The molecule has 0 unspecified atom stereocenters. The molecule has 0 atom stereocenters. The Hall–Kier alpha value is -2.12. The molecule has 1 heterocycles. The summed E-state index contributed by atoms with van der Waals surface area (Å²) >= 11 is 0. The number of aliphatic carboxylic acids is 1. The maximum absolute atomic E-state index is 11.4. The maximum Gasteiger partial charge on any atom is 0.328 e. The quantitative estimate of drug-likeness (QED) is 0.657. The van der Waals surface area contributed by atoms with Crippen molar-refractivity contribution in [1.82, 2.24) is 25.4 Å². The lowest BCUT2D eigenvalue weighted by atomic mass is 10.1. The highest BCUT2D eigenvalue weighted by Crippen LogP contribution is 2.01. The second kappa shape index (κ2) is 4.81. The van der Waals surface area contributed by atoms with Crippen molar-refractivity contribution in [1.29, 1.82) is 0 Å². The van der Waals surface area contributed by atoms with Gasteiger partial charge in [0, 0.05) is 7.05 Å². The molecule has 17 heavy (non-hydrogen) atoms. The van der Waals surface area contributed by atoms with E-state index in [9.17, 15) is 9.59 Å². The van der Waals surface area contributed by atoms with Crippen molar-refractivity contribution in [2.45, 2.75) is 25.9 Å². The number of carbonyl (C=O) groups excluding carboxylic acids is 1. The summed E-state index contributed by atoms with van der Waals surface area (Å²) in [6.07, 6.45) is 1.37. The summed E-state index contributed by atoms with van der Waals surface area (Å²) in [7, 11) is 1.70. The fraction of sp³-hybridized carbons (Fsp3) is 0.556. The number of nitrogens with zero attached hydrogens (tertiary/aromatic N) is 3. The zero-order valence-electron chi connectivity index (χ0n) is 9.89. The van der Waals surface area contributed by atoms with E-state index in [-0.39, 0.29) is 6.54 Å². The number of hydrogen-bond donors (Lipinski definition) is 3. The predicted octanol–water partition coefficient (Wildman–Crippen LogP) is -0.522. The minimum Gasteiger partial charge on any atom is -0.480 e. The second-order valence-electron chi connectivity index (χ2n) is 4.04. The molecule has 8 heteroatoms. The van der Waals surface area contributed by atoms with Crippen LogP contribution in [0, 0.1) is 0 Å². The van der Waals surface area contributed by atoms with E-state index in [1.165, 1.54) is 24.9 Å². The first-order valence-electron chi connectivity index (χ1n) is 4.95. The summed E-state index contributed by atoms with van der Waals surface area (Å²) in [5, 5.41) is 17.5. The molecule has 0 aliphatic rings. The van der Waals surface area contributed by atoms with E-state index >= 15 is 0 Å². The third kappa shape index (κ3) is 3.44. The molecule has 0 spiro atoms. The predicted molar refractivity (Wildman–Crippen MR) is 58.1 cm³/mol. The van der Waals surface area contributed by atoms with Crippen LogP contribution in [0.15, 0.2) is 6.33 Å². The normalized spacial score (nSPS) is 11.0. The molecule has 1 rings (SSSR count). The van der Waals surface area contributed by atoms with Crippen LogP contribution in [-0.4, -0.2) is 37.4 Å². The highest BCUT2D eigenvalue weighted by Gasteiger charge is 2.28. The molecule has 1 aromatic heterocycles. The number of nitrogens with one attached hydrogen (secondary N) is 2. The highest BCUT2D eigenvalue weighted by atomic mass is 16.4. The van der Waals surface area contributed by atoms with Gasteiger partial charge in [-0.3, -0.25) is 4.68 Å². The minimum atomic E-state index is -1.32. The molecular formula is C9H15N5O3. The van der Waals surface area contributed by atoms with E-state index in [0.717, 1.165) is 0 Å². The summed E-state index contributed by atoms with van der Waals surface area (Å²) in [4.78, 5) is 26.1. The van der Waals surface area contributed by atoms with E-state index in [1.54, 1.807) is 7.05 Å². The first kappa shape index (κ1) is 12.9. The van der Waals surface area contributed by atoms with Gasteiger partial charge >= 0.3 is 12.0 Å². The molecule has 1 aromatic rings. The lowest BCUT2D eigenvalue weighted by Gasteiger charge is -2.21. The van der Waals surface area contributed by atoms with Gasteiger partial charge in [0.05, 0.1) is 6.54 Å².